The number of hydrogen-bond donors (Lipinski definition) is 1. The van der Waals surface area contributed by atoms with Crippen LogP contribution in [0.25, 0.3) is 0 Å². The first-order chi connectivity index (χ1) is 18.3. The number of rotatable bonds is 29. The summed E-state index contributed by atoms with van der Waals surface area (Å²) < 4.78 is 0. The third-order valence-corrected chi connectivity index (χ3v) is 9.44. The van der Waals surface area contributed by atoms with Gasteiger partial charge in [0, 0.05) is 11.4 Å². The number of hydrogen-bond acceptors (Lipinski definition) is 2. The summed E-state index contributed by atoms with van der Waals surface area (Å²) >= 11 is 0. The molecule has 0 aromatic rings. The van der Waals surface area contributed by atoms with Crippen LogP contribution >= 0.6 is 0 Å². The van der Waals surface area contributed by atoms with Gasteiger partial charge >= 0.3 is 0 Å². The summed E-state index contributed by atoms with van der Waals surface area (Å²) in [7, 11) is 0. The second kappa shape index (κ2) is 27.6. The Hall–Kier alpha value is -0.570. The molecule has 3 heteroatoms. The van der Waals surface area contributed by atoms with E-state index < -0.39 is 11.4 Å². The van der Waals surface area contributed by atoms with Crippen LogP contribution < -0.4 is 11.3 Å². The molecule has 0 aliphatic heterocycles. The van der Waals surface area contributed by atoms with Gasteiger partial charge in [-0.05, 0) is 30.6 Å². The molecule has 4 N–H and O–H groups in total. The number of quaternary nitrogens is 1. The molecule has 236 valence electrons. The molecule has 0 amide bonds. The third-order valence-electron chi connectivity index (χ3n) is 9.44. The molecule has 0 saturated heterocycles. The highest BCUT2D eigenvalue weighted by atomic mass is 16.4. The van der Waals surface area contributed by atoms with E-state index in [9.17, 15) is 9.90 Å². The summed E-state index contributed by atoms with van der Waals surface area (Å²) in [4.78, 5) is 12.7. The lowest BCUT2D eigenvalue weighted by molar-refractivity contribution is -0.327. The van der Waals surface area contributed by atoms with Gasteiger partial charge in [-0.25, -0.2) is 0 Å². The Kier molecular flexibility index (Phi) is 28.7. The number of aliphatic carboxylic acids is 1. The topological polar surface area (TPSA) is 76.6 Å². The summed E-state index contributed by atoms with van der Waals surface area (Å²) in [5.74, 6) is -0.0493. The van der Waals surface area contributed by atoms with E-state index in [2.05, 4.69) is 41.5 Å². The second-order valence-electron chi connectivity index (χ2n) is 13.3. The molecule has 0 aliphatic carbocycles. The minimum Gasteiger partial charge on any atom is -0.550 e. The van der Waals surface area contributed by atoms with Crippen molar-refractivity contribution in [3.63, 3.8) is 0 Å². The molecular weight excluding hydrogens is 478 g/mol. The van der Waals surface area contributed by atoms with Gasteiger partial charge in [0.25, 0.3) is 0 Å². The Labute approximate surface area is 247 Å². The van der Waals surface area contributed by atoms with Crippen molar-refractivity contribution in [3.05, 3.63) is 0 Å². The zero-order valence-corrected chi connectivity index (χ0v) is 28.2. The smallest absolute Gasteiger partial charge is 0.0481 e. The van der Waals surface area contributed by atoms with E-state index >= 15 is 0 Å². The number of carboxylic acids is 1. The van der Waals surface area contributed by atoms with E-state index in [-0.39, 0.29) is 18.0 Å². The lowest BCUT2D eigenvalue weighted by atomic mass is 9.60. The fourth-order valence-corrected chi connectivity index (χ4v) is 6.86. The average molecular weight is 554 g/mol. The van der Waals surface area contributed by atoms with E-state index in [1.165, 1.54) is 141 Å². The first kappa shape index (κ1) is 40.6. The molecular formula is C36H75NO2. The molecule has 3 nitrogen and oxygen atoms in total. The molecule has 0 heterocycles. The molecule has 0 fully saturated rings. The predicted molar refractivity (Wildman–Crippen MR) is 173 cm³/mol. The minimum absolute atomic E-state index is 0. The molecule has 2 unspecified atom stereocenters. The Bertz CT molecular complexity index is 518. The van der Waals surface area contributed by atoms with Gasteiger partial charge in [-0.2, -0.15) is 0 Å². The van der Waals surface area contributed by atoms with Crippen LogP contribution in [0, 0.1) is 23.2 Å². The second-order valence-corrected chi connectivity index (χ2v) is 13.3. The molecule has 39 heavy (non-hydrogen) atoms. The van der Waals surface area contributed by atoms with E-state index in [0.717, 1.165) is 19.3 Å². The van der Waals surface area contributed by atoms with Crippen molar-refractivity contribution in [1.29, 1.82) is 0 Å². The standard InChI is InChI=1S/C36H72O2.H3N/c1-7-9-11-13-15-17-19-20-21-22-24-26-28-30-34(32(3)4)36(33(5)6,35(37)38)31-29-27-25-23-18-16-14-12-10-8-2;/h32-34H,7-31H2,1-6H3,(H,37,38);1H3. The number of carbonyl (C=O) groups is 1. The van der Waals surface area contributed by atoms with Gasteiger partial charge in [-0.15, -0.1) is 0 Å². The number of carboxylic acid groups (broad SMARTS) is 1. The minimum atomic E-state index is -0.781. The van der Waals surface area contributed by atoms with E-state index in [1.54, 1.807) is 0 Å². The van der Waals surface area contributed by atoms with Gasteiger partial charge < -0.3 is 16.1 Å². The fourth-order valence-electron chi connectivity index (χ4n) is 6.86. The normalized spacial score (nSPS) is 13.9. The molecule has 0 bridgehead atoms. The van der Waals surface area contributed by atoms with Crippen molar-refractivity contribution in [2.75, 3.05) is 0 Å². The van der Waals surface area contributed by atoms with E-state index in [4.69, 9.17) is 0 Å². The first-order valence-corrected chi connectivity index (χ1v) is 17.6. The Morgan fingerprint density at radius 2 is 0.846 bits per heavy atom. The van der Waals surface area contributed by atoms with Crippen molar-refractivity contribution in [3.8, 4) is 0 Å². The maximum absolute atomic E-state index is 12.7. The number of carbonyl (C=O) groups excluding carboxylic acids is 1. The molecule has 0 rings (SSSR count). The van der Waals surface area contributed by atoms with Gasteiger partial charge in [-0.3, -0.25) is 0 Å². The van der Waals surface area contributed by atoms with Crippen LogP contribution in [0.2, 0.25) is 0 Å². The van der Waals surface area contributed by atoms with Crippen LogP contribution in [0.3, 0.4) is 0 Å². The van der Waals surface area contributed by atoms with Crippen molar-refractivity contribution in [2.24, 2.45) is 23.2 Å². The Balaban J connectivity index is 0. The van der Waals surface area contributed by atoms with Crippen LogP contribution in [0.5, 0.6) is 0 Å². The fraction of sp³-hybridized carbons (Fsp3) is 0.972. The van der Waals surface area contributed by atoms with Gasteiger partial charge in [0.2, 0.25) is 0 Å². The maximum atomic E-state index is 12.7. The zero-order valence-electron chi connectivity index (χ0n) is 28.2. The van der Waals surface area contributed by atoms with Crippen LogP contribution in [0.4, 0.5) is 0 Å². The molecule has 2 atom stereocenters. The quantitative estimate of drug-likeness (QED) is 0.0935. The molecule has 0 saturated carbocycles. The predicted octanol–water partition coefficient (Wildman–Crippen LogP) is 11.8. The van der Waals surface area contributed by atoms with E-state index in [0.29, 0.717) is 5.92 Å². The first-order valence-electron chi connectivity index (χ1n) is 17.6. The van der Waals surface area contributed by atoms with Crippen LogP contribution in [0.1, 0.15) is 202 Å². The third kappa shape index (κ3) is 19.2. The molecule has 0 aromatic carbocycles. The van der Waals surface area contributed by atoms with Crippen LogP contribution in [-0.4, -0.2) is 5.97 Å². The summed E-state index contributed by atoms with van der Waals surface area (Å²) in [6.07, 6.45) is 32.4. The van der Waals surface area contributed by atoms with Crippen molar-refractivity contribution in [2.45, 2.75) is 202 Å². The highest BCUT2D eigenvalue weighted by Gasteiger charge is 2.43. The average Bonchev–Trinajstić information content (AvgIpc) is 2.87. The van der Waals surface area contributed by atoms with Gasteiger partial charge in [-0.1, -0.05) is 189 Å². The molecule has 0 aliphatic rings. The van der Waals surface area contributed by atoms with E-state index in [1.807, 2.05) is 0 Å². The highest BCUT2D eigenvalue weighted by Crippen LogP contribution is 2.46. The molecule has 0 aromatic heterocycles. The largest absolute Gasteiger partial charge is 0.550 e. The lowest BCUT2D eigenvalue weighted by Crippen LogP contribution is -2.52. The summed E-state index contributed by atoms with van der Waals surface area (Å²) in [5.41, 5.74) is -0.675. The molecule has 0 radical (unpaired) electrons. The van der Waals surface area contributed by atoms with Crippen LogP contribution in [-0.2, 0) is 4.79 Å². The van der Waals surface area contributed by atoms with Crippen molar-refractivity contribution >= 4 is 5.97 Å². The summed E-state index contributed by atoms with van der Waals surface area (Å²) in [5, 5.41) is 12.7. The maximum Gasteiger partial charge on any atom is 0.0481 e. The highest BCUT2D eigenvalue weighted by molar-refractivity contribution is 5.73. The lowest BCUT2D eigenvalue weighted by Gasteiger charge is -2.47. The summed E-state index contributed by atoms with van der Waals surface area (Å²) in [6, 6.07) is 0. The monoisotopic (exact) mass is 554 g/mol. The van der Waals surface area contributed by atoms with Gasteiger partial charge in [0.1, 0.15) is 0 Å². The van der Waals surface area contributed by atoms with Gasteiger partial charge in [0.15, 0.2) is 0 Å². The van der Waals surface area contributed by atoms with Crippen molar-refractivity contribution in [1.82, 2.24) is 6.15 Å². The number of unbranched alkanes of at least 4 members (excludes halogenated alkanes) is 21. The van der Waals surface area contributed by atoms with Crippen molar-refractivity contribution < 1.29 is 9.90 Å². The Morgan fingerprint density at radius 3 is 1.13 bits per heavy atom. The zero-order chi connectivity index (χ0) is 28.5. The summed E-state index contributed by atoms with van der Waals surface area (Å²) in [6.45, 7) is 13.3. The molecule has 0 spiro atoms. The van der Waals surface area contributed by atoms with Crippen LogP contribution in [0.15, 0.2) is 0 Å². The Morgan fingerprint density at radius 1 is 0.538 bits per heavy atom. The SMILES string of the molecule is CCCCCCCCCCCCCCCC(C(C)C)C(CCCCCCCCCCCC)(C(=O)[O-])C(C)C.[NH4+]. The van der Waals surface area contributed by atoms with Gasteiger partial charge in [0.05, 0.1) is 0 Å².